The third-order valence-electron chi connectivity index (χ3n) is 4.63. The molecule has 2 heterocycles. The normalized spacial score (nSPS) is 19.0. The van der Waals surface area contributed by atoms with E-state index in [4.69, 9.17) is 17.4 Å². The van der Waals surface area contributed by atoms with Crippen LogP contribution in [0.1, 0.15) is 30.5 Å². The Morgan fingerprint density at radius 3 is 2.72 bits per heavy atom. The van der Waals surface area contributed by atoms with Crippen LogP contribution in [0.4, 0.5) is 18.9 Å². The summed E-state index contributed by atoms with van der Waals surface area (Å²) in [7, 11) is 0. The fraction of sp³-hybridized carbons (Fsp3) is 0.333. The van der Waals surface area contributed by atoms with Gasteiger partial charge < -0.3 is 10.7 Å². The molecule has 3 N–H and O–H groups in total. The minimum Gasteiger partial charge on any atom is -0.362 e. The highest BCUT2D eigenvalue weighted by Gasteiger charge is 2.34. The van der Waals surface area contributed by atoms with Crippen LogP contribution in [0.25, 0.3) is 0 Å². The quantitative estimate of drug-likeness (QED) is 0.581. The maximum Gasteiger partial charge on any atom is 0.416 e. The number of hydrogen-bond donors (Lipinski definition) is 2. The number of halogens is 4. The molecule has 154 valence electrons. The molecule has 1 unspecified atom stereocenters. The number of nitrogens with zero attached hydrogens (tertiary/aromatic N) is 4. The molecule has 1 aliphatic rings. The molecule has 0 amide bonds. The third-order valence-corrected chi connectivity index (χ3v) is 5.00. The molecule has 1 aliphatic heterocycles. The summed E-state index contributed by atoms with van der Waals surface area (Å²) in [6.45, 7) is 2.22. The van der Waals surface area contributed by atoms with E-state index in [2.05, 4.69) is 20.3 Å². The van der Waals surface area contributed by atoms with E-state index >= 15 is 0 Å². The lowest BCUT2D eigenvalue weighted by molar-refractivity contribution is -0.138. The number of benzene rings is 1. The molecule has 0 aliphatic carbocycles. The Morgan fingerprint density at radius 1 is 1.31 bits per heavy atom. The summed E-state index contributed by atoms with van der Waals surface area (Å²) >= 11 is 6.05. The van der Waals surface area contributed by atoms with Crippen molar-refractivity contribution in [3.8, 4) is 0 Å². The van der Waals surface area contributed by atoms with Gasteiger partial charge in [0.05, 0.1) is 35.7 Å². The van der Waals surface area contributed by atoms with Gasteiger partial charge in [-0.3, -0.25) is 9.79 Å². The van der Waals surface area contributed by atoms with Crippen LogP contribution in [0, 0.1) is 0 Å². The van der Waals surface area contributed by atoms with Crippen molar-refractivity contribution in [2.45, 2.75) is 25.6 Å². The summed E-state index contributed by atoms with van der Waals surface area (Å²) in [6, 6.07) is 4.60. The van der Waals surface area contributed by atoms with Gasteiger partial charge in [-0.2, -0.15) is 23.4 Å². The molecule has 29 heavy (non-hydrogen) atoms. The van der Waals surface area contributed by atoms with E-state index < -0.39 is 23.3 Å². The monoisotopic (exact) mass is 426 g/mol. The van der Waals surface area contributed by atoms with Gasteiger partial charge in [0.1, 0.15) is 10.7 Å². The van der Waals surface area contributed by atoms with E-state index in [9.17, 15) is 18.0 Å². The number of rotatable bonds is 3. The fourth-order valence-electron chi connectivity index (χ4n) is 3.21. The minimum absolute atomic E-state index is 0.00997. The van der Waals surface area contributed by atoms with Crippen LogP contribution >= 0.6 is 11.6 Å². The van der Waals surface area contributed by atoms with Gasteiger partial charge in [0, 0.05) is 13.0 Å². The molecule has 0 bridgehead atoms. The van der Waals surface area contributed by atoms with E-state index in [0.29, 0.717) is 30.1 Å². The molecule has 7 nitrogen and oxygen atoms in total. The Kier molecular flexibility index (Phi) is 5.92. The maximum absolute atomic E-state index is 13.3. The number of H-pyrrole nitrogens is 1. The largest absolute Gasteiger partial charge is 0.416 e. The van der Waals surface area contributed by atoms with Crippen molar-refractivity contribution in [1.82, 2.24) is 10.2 Å². The van der Waals surface area contributed by atoms with Gasteiger partial charge in [0.2, 0.25) is 0 Å². The summed E-state index contributed by atoms with van der Waals surface area (Å²) < 4.78 is 39.9. The van der Waals surface area contributed by atoms with E-state index in [0.717, 1.165) is 6.07 Å². The zero-order valence-corrected chi connectivity index (χ0v) is 16.1. The van der Waals surface area contributed by atoms with Gasteiger partial charge in [-0.1, -0.05) is 29.8 Å². The van der Waals surface area contributed by atoms with Crippen molar-refractivity contribution in [1.29, 1.82) is 0 Å². The highest BCUT2D eigenvalue weighted by molar-refractivity contribution is 6.44. The summed E-state index contributed by atoms with van der Waals surface area (Å²) in [5.41, 5.74) is 0.180. The number of nitrogens with two attached hydrogens (primary N) is 1. The van der Waals surface area contributed by atoms with Gasteiger partial charge in [0.15, 0.2) is 0 Å². The number of aromatic amines is 1. The van der Waals surface area contributed by atoms with Crippen LogP contribution < -0.4 is 16.3 Å². The van der Waals surface area contributed by atoms with Crippen molar-refractivity contribution in [3.63, 3.8) is 0 Å². The Labute approximate surface area is 169 Å². The first-order chi connectivity index (χ1) is 13.7. The Balaban J connectivity index is 1.87. The van der Waals surface area contributed by atoms with E-state index in [1.54, 1.807) is 17.9 Å². The lowest BCUT2D eigenvalue weighted by atomic mass is 10.00. The number of aromatic nitrogens is 2. The number of aliphatic imine (C=N–C) groups is 1. The van der Waals surface area contributed by atoms with Crippen molar-refractivity contribution in [2.24, 2.45) is 15.9 Å². The van der Waals surface area contributed by atoms with Crippen LogP contribution in [0.5, 0.6) is 0 Å². The number of hydrazone groups is 1. The Morgan fingerprint density at radius 2 is 2.03 bits per heavy atom. The highest BCUT2D eigenvalue weighted by Crippen LogP contribution is 2.35. The highest BCUT2D eigenvalue weighted by atomic mass is 35.5. The summed E-state index contributed by atoms with van der Waals surface area (Å²) in [5, 5.41) is 9.72. The van der Waals surface area contributed by atoms with Gasteiger partial charge in [-0.15, -0.1) is 0 Å². The van der Waals surface area contributed by atoms with E-state index in [1.165, 1.54) is 18.3 Å². The maximum atomic E-state index is 13.3. The molecular formula is C18H18ClF3N6O. The molecule has 0 spiro atoms. The SMILES string of the molecule is CC(N=C1CCN(c2cn[nH]c(=O)c2Cl)CC1=NN)c1ccccc1C(F)(F)F. The summed E-state index contributed by atoms with van der Waals surface area (Å²) in [4.78, 5) is 17.9. The van der Waals surface area contributed by atoms with Crippen LogP contribution in [-0.2, 0) is 6.18 Å². The van der Waals surface area contributed by atoms with Crippen LogP contribution in [0.3, 0.4) is 0 Å². The van der Waals surface area contributed by atoms with Crippen LogP contribution in [0.15, 0.2) is 45.4 Å². The van der Waals surface area contributed by atoms with Crippen molar-refractivity contribution >= 4 is 28.7 Å². The molecule has 2 aromatic rings. The standard InChI is InChI=1S/C18H18ClF3N6O/c1-10(11-4-2-3-5-12(11)18(20,21)22)25-13-6-7-28(9-14(13)26-23)15-8-24-27-17(29)16(15)19/h2-5,8,10H,6-7,9,23H2,1H3,(H,27,29). The average Bonchev–Trinajstić information content (AvgIpc) is 2.69. The molecular weight excluding hydrogens is 409 g/mol. The lowest BCUT2D eigenvalue weighted by Gasteiger charge is -2.31. The fourth-order valence-corrected chi connectivity index (χ4v) is 3.42. The zero-order chi connectivity index (χ0) is 21.2. The number of piperidine rings is 1. The summed E-state index contributed by atoms with van der Waals surface area (Å²) in [5.74, 6) is 5.50. The second-order valence-corrected chi connectivity index (χ2v) is 6.86. The molecule has 11 heteroatoms. The van der Waals surface area contributed by atoms with Crippen LogP contribution in [0.2, 0.25) is 5.02 Å². The van der Waals surface area contributed by atoms with E-state index in [1.807, 2.05) is 0 Å². The zero-order valence-electron chi connectivity index (χ0n) is 15.4. The second-order valence-electron chi connectivity index (χ2n) is 6.48. The topological polar surface area (TPSA) is 99.7 Å². The second kappa shape index (κ2) is 8.24. The molecule has 0 radical (unpaired) electrons. The predicted octanol–water partition coefficient (Wildman–Crippen LogP) is 3.17. The smallest absolute Gasteiger partial charge is 0.362 e. The van der Waals surface area contributed by atoms with Crippen molar-refractivity contribution in [2.75, 3.05) is 18.0 Å². The van der Waals surface area contributed by atoms with Crippen LogP contribution in [-0.4, -0.2) is 34.7 Å². The average molecular weight is 427 g/mol. The first-order valence-electron chi connectivity index (χ1n) is 8.70. The van der Waals surface area contributed by atoms with Gasteiger partial charge in [0.25, 0.3) is 5.56 Å². The third kappa shape index (κ3) is 4.42. The molecule has 3 rings (SSSR count). The molecule has 1 saturated heterocycles. The minimum atomic E-state index is -4.47. The lowest BCUT2D eigenvalue weighted by Crippen LogP contribution is -2.43. The molecule has 1 atom stereocenters. The first-order valence-corrected chi connectivity index (χ1v) is 9.08. The number of hydrogen-bond acceptors (Lipinski definition) is 6. The molecule has 0 saturated carbocycles. The number of nitrogens with one attached hydrogen (secondary N) is 1. The van der Waals surface area contributed by atoms with Crippen molar-refractivity contribution in [3.05, 3.63) is 57.0 Å². The number of alkyl halides is 3. The Hall–Kier alpha value is -2.88. The first kappa shape index (κ1) is 20.8. The van der Waals surface area contributed by atoms with Gasteiger partial charge in [-0.05, 0) is 18.6 Å². The Bertz CT molecular complexity index is 1020. The molecule has 1 aromatic carbocycles. The summed E-state index contributed by atoms with van der Waals surface area (Å²) in [6.07, 6.45) is -2.68. The van der Waals surface area contributed by atoms with Crippen molar-refractivity contribution < 1.29 is 13.2 Å². The number of anilines is 1. The predicted molar refractivity (Wildman–Crippen MR) is 106 cm³/mol. The van der Waals surface area contributed by atoms with E-state index in [-0.39, 0.29) is 17.1 Å². The van der Waals surface area contributed by atoms with Gasteiger partial charge >= 0.3 is 6.18 Å². The molecule has 1 fully saturated rings. The molecule has 1 aromatic heterocycles. The van der Waals surface area contributed by atoms with Gasteiger partial charge in [-0.25, -0.2) is 5.10 Å².